The average molecular weight is 364 g/mol. The minimum Gasteiger partial charge on any atom is -0.492 e. The molecule has 128 valence electrons. The van der Waals surface area contributed by atoms with Gasteiger partial charge in [-0.25, -0.2) is 4.98 Å². The molecular weight excluding hydrogens is 340 g/mol. The zero-order valence-electron chi connectivity index (χ0n) is 14.2. The maximum absolute atomic E-state index is 10.8. The van der Waals surface area contributed by atoms with Gasteiger partial charge < -0.3 is 10.0 Å². The number of nitrogens with zero attached hydrogens (tertiary/aromatic N) is 3. The van der Waals surface area contributed by atoms with Crippen LogP contribution in [0.4, 0.5) is 0 Å². The molecule has 1 saturated heterocycles. The van der Waals surface area contributed by atoms with Gasteiger partial charge in [0.1, 0.15) is 10.7 Å². The van der Waals surface area contributed by atoms with Crippen LogP contribution < -0.4 is 4.90 Å². The SMILES string of the molecule is Cc1nc2sc([C@@H](c3sccc3C)[NH+]3CCC(C)CC3)c(O)n2n1. The van der Waals surface area contributed by atoms with Crippen LogP contribution in [0.25, 0.3) is 4.96 Å². The highest BCUT2D eigenvalue weighted by atomic mass is 32.1. The summed E-state index contributed by atoms with van der Waals surface area (Å²) < 4.78 is 1.59. The first-order chi connectivity index (χ1) is 11.5. The monoisotopic (exact) mass is 363 g/mol. The van der Waals surface area contributed by atoms with Gasteiger partial charge in [0.2, 0.25) is 10.8 Å². The molecule has 4 heterocycles. The van der Waals surface area contributed by atoms with Crippen molar-refractivity contribution < 1.29 is 10.0 Å². The summed E-state index contributed by atoms with van der Waals surface area (Å²) in [6.45, 7) is 8.66. The molecule has 0 unspecified atom stereocenters. The molecule has 0 spiro atoms. The molecule has 24 heavy (non-hydrogen) atoms. The molecule has 0 amide bonds. The fourth-order valence-corrected chi connectivity index (χ4v) is 5.96. The standard InChI is InChI=1S/C17H22N4OS2/c1-10-4-7-20(8-5-10)13(14-11(2)6-9-23-14)15-16(22)21-17(24-15)18-12(3)19-21/h6,9-10,13,22H,4-5,7-8H2,1-3H3/p+1/t13-/m1/s1. The lowest BCUT2D eigenvalue weighted by molar-refractivity contribution is -0.930. The maximum atomic E-state index is 10.8. The highest BCUT2D eigenvalue weighted by Gasteiger charge is 2.36. The van der Waals surface area contributed by atoms with Crippen LogP contribution in [0.2, 0.25) is 0 Å². The molecule has 0 aromatic carbocycles. The van der Waals surface area contributed by atoms with Crippen molar-refractivity contribution in [1.29, 1.82) is 0 Å². The number of nitrogens with one attached hydrogen (secondary N) is 1. The molecule has 1 atom stereocenters. The van der Waals surface area contributed by atoms with Crippen LogP contribution in [0.15, 0.2) is 11.4 Å². The molecule has 4 rings (SSSR count). The minimum atomic E-state index is 0.186. The number of thiazole rings is 1. The summed E-state index contributed by atoms with van der Waals surface area (Å²) in [5.41, 5.74) is 1.31. The van der Waals surface area contributed by atoms with Gasteiger partial charge in [0.25, 0.3) is 0 Å². The molecule has 1 aliphatic heterocycles. The molecule has 3 aromatic heterocycles. The van der Waals surface area contributed by atoms with E-state index in [0.29, 0.717) is 5.82 Å². The van der Waals surface area contributed by atoms with Gasteiger partial charge in [-0.15, -0.1) is 16.4 Å². The number of hydrogen-bond acceptors (Lipinski definition) is 5. The van der Waals surface area contributed by atoms with Crippen LogP contribution in [0, 0.1) is 19.8 Å². The second-order valence-electron chi connectivity index (χ2n) is 6.88. The van der Waals surface area contributed by atoms with Gasteiger partial charge >= 0.3 is 0 Å². The summed E-state index contributed by atoms with van der Waals surface area (Å²) in [5.74, 6) is 1.77. The molecule has 1 fully saturated rings. The van der Waals surface area contributed by atoms with Crippen molar-refractivity contribution in [2.24, 2.45) is 5.92 Å². The number of rotatable bonds is 3. The van der Waals surface area contributed by atoms with E-state index in [9.17, 15) is 5.11 Å². The van der Waals surface area contributed by atoms with Gasteiger partial charge in [0.05, 0.1) is 18.0 Å². The summed E-state index contributed by atoms with van der Waals surface area (Å²) in [4.78, 5) is 9.13. The number of likely N-dealkylation sites (tertiary alicyclic amines) is 1. The van der Waals surface area contributed by atoms with E-state index in [1.165, 1.54) is 23.3 Å². The molecule has 5 nitrogen and oxygen atoms in total. The Morgan fingerprint density at radius 1 is 1.29 bits per heavy atom. The number of quaternary nitrogens is 1. The van der Waals surface area contributed by atoms with E-state index >= 15 is 0 Å². The van der Waals surface area contributed by atoms with Crippen LogP contribution in [-0.2, 0) is 0 Å². The van der Waals surface area contributed by atoms with E-state index in [-0.39, 0.29) is 11.9 Å². The van der Waals surface area contributed by atoms with Gasteiger partial charge in [0, 0.05) is 0 Å². The van der Waals surface area contributed by atoms with E-state index in [1.807, 2.05) is 6.92 Å². The lowest BCUT2D eigenvalue weighted by atomic mass is 9.96. The third kappa shape index (κ3) is 2.64. The Kier molecular flexibility index (Phi) is 4.10. The number of thiophene rings is 1. The number of aromatic nitrogens is 3. The molecular formula is C17H23N4OS2+. The first-order valence-electron chi connectivity index (χ1n) is 8.48. The molecule has 7 heteroatoms. The fraction of sp³-hybridized carbons (Fsp3) is 0.529. The Hall–Kier alpha value is -1.44. The lowest BCUT2D eigenvalue weighted by Crippen LogP contribution is -3.13. The van der Waals surface area contributed by atoms with E-state index in [1.54, 1.807) is 32.1 Å². The zero-order valence-corrected chi connectivity index (χ0v) is 15.9. The van der Waals surface area contributed by atoms with E-state index in [4.69, 9.17) is 0 Å². The summed E-state index contributed by atoms with van der Waals surface area (Å²) >= 11 is 3.38. The Balaban J connectivity index is 1.80. The highest BCUT2D eigenvalue weighted by Crippen LogP contribution is 2.38. The summed E-state index contributed by atoms with van der Waals surface area (Å²) in [5, 5.41) is 17.3. The second-order valence-corrected chi connectivity index (χ2v) is 8.84. The number of aromatic hydroxyl groups is 1. The highest BCUT2D eigenvalue weighted by molar-refractivity contribution is 7.17. The van der Waals surface area contributed by atoms with Crippen molar-refractivity contribution in [3.8, 4) is 5.88 Å². The van der Waals surface area contributed by atoms with Crippen LogP contribution in [0.1, 0.15) is 46.9 Å². The molecule has 3 aromatic rings. The quantitative estimate of drug-likeness (QED) is 0.752. The summed E-state index contributed by atoms with van der Waals surface area (Å²) in [6, 6.07) is 2.36. The molecule has 0 bridgehead atoms. The lowest BCUT2D eigenvalue weighted by Gasteiger charge is -2.33. The predicted molar refractivity (Wildman–Crippen MR) is 97.3 cm³/mol. The third-order valence-electron chi connectivity index (χ3n) is 5.06. The van der Waals surface area contributed by atoms with Crippen molar-refractivity contribution >= 4 is 27.6 Å². The average Bonchev–Trinajstić information content (AvgIpc) is 3.20. The third-order valence-corrected chi connectivity index (χ3v) is 7.23. The topological polar surface area (TPSA) is 54.9 Å². The Morgan fingerprint density at radius 3 is 2.67 bits per heavy atom. The largest absolute Gasteiger partial charge is 0.492 e. The maximum Gasteiger partial charge on any atom is 0.235 e. The number of aryl methyl sites for hydroxylation is 2. The smallest absolute Gasteiger partial charge is 0.235 e. The van der Waals surface area contributed by atoms with Crippen molar-refractivity contribution in [3.63, 3.8) is 0 Å². The first kappa shape index (κ1) is 16.1. The molecule has 2 N–H and O–H groups in total. The number of fused-ring (bicyclic) bond motifs is 1. The van der Waals surface area contributed by atoms with Crippen LogP contribution in [0.3, 0.4) is 0 Å². The van der Waals surface area contributed by atoms with Crippen molar-refractivity contribution in [3.05, 3.63) is 32.6 Å². The number of hydrogen-bond donors (Lipinski definition) is 2. The van der Waals surface area contributed by atoms with Gasteiger partial charge in [-0.1, -0.05) is 18.3 Å². The fourth-order valence-electron chi connectivity index (χ4n) is 3.63. The summed E-state index contributed by atoms with van der Waals surface area (Å²) in [6.07, 6.45) is 2.49. The second kappa shape index (κ2) is 6.13. The molecule has 0 radical (unpaired) electrons. The van der Waals surface area contributed by atoms with Crippen LogP contribution in [0.5, 0.6) is 5.88 Å². The van der Waals surface area contributed by atoms with Gasteiger partial charge in [0.15, 0.2) is 6.04 Å². The molecule has 0 saturated carbocycles. The first-order valence-corrected chi connectivity index (χ1v) is 10.2. The Morgan fingerprint density at radius 2 is 2.04 bits per heavy atom. The van der Waals surface area contributed by atoms with E-state index < -0.39 is 0 Å². The van der Waals surface area contributed by atoms with Crippen LogP contribution >= 0.6 is 22.7 Å². The van der Waals surface area contributed by atoms with E-state index in [0.717, 1.165) is 28.8 Å². The molecule has 0 aliphatic carbocycles. The summed E-state index contributed by atoms with van der Waals surface area (Å²) in [7, 11) is 0. The van der Waals surface area contributed by atoms with Gasteiger partial charge in [-0.2, -0.15) is 4.52 Å². The van der Waals surface area contributed by atoms with Crippen molar-refractivity contribution in [2.75, 3.05) is 13.1 Å². The normalized spacial score (nSPS) is 23.0. The van der Waals surface area contributed by atoms with E-state index in [2.05, 4.69) is 35.4 Å². The van der Waals surface area contributed by atoms with Gasteiger partial charge in [-0.3, -0.25) is 0 Å². The van der Waals surface area contributed by atoms with Crippen molar-refractivity contribution in [1.82, 2.24) is 14.6 Å². The predicted octanol–water partition coefficient (Wildman–Crippen LogP) is 2.58. The van der Waals surface area contributed by atoms with Crippen LogP contribution in [-0.4, -0.2) is 32.8 Å². The number of piperidine rings is 1. The minimum absolute atomic E-state index is 0.186. The molecule has 1 aliphatic rings. The van der Waals surface area contributed by atoms with Gasteiger partial charge in [-0.05, 0) is 49.6 Å². The van der Waals surface area contributed by atoms with Crippen molar-refractivity contribution in [2.45, 2.75) is 39.7 Å². The Labute approximate surface area is 149 Å². The Bertz CT molecular complexity index is 857. The zero-order chi connectivity index (χ0) is 16.8.